The molecule has 0 radical (unpaired) electrons. The van der Waals surface area contributed by atoms with Gasteiger partial charge in [0.15, 0.2) is 0 Å². The fourth-order valence-electron chi connectivity index (χ4n) is 1.01. The first kappa shape index (κ1) is 16.4. The molecule has 1 unspecified atom stereocenters. The van der Waals surface area contributed by atoms with Gasteiger partial charge in [-0.1, -0.05) is 6.92 Å². The van der Waals surface area contributed by atoms with Crippen LogP contribution in [0.15, 0.2) is 0 Å². The predicted molar refractivity (Wildman–Crippen MR) is 65.5 cm³/mol. The molecule has 0 heterocycles. The lowest BCUT2D eigenvalue weighted by Crippen LogP contribution is -2.41. The number of hydrogen-bond donors (Lipinski definition) is 3. The fourth-order valence-corrected chi connectivity index (χ4v) is 1.01. The van der Waals surface area contributed by atoms with E-state index in [1.165, 1.54) is 0 Å². The van der Waals surface area contributed by atoms with Crippen LogP contribution in [0.25, 0.3) is 0 Å². The lowest BCUT2D eigenvalue weighted by Gasteiger charge is -2.14. The minimum Gasteiger partial charge on any atom is -0.463 e. The molecule has 0 rings (SSSR count). The molecule has 18 heavy (non-hydrogen) atoms. The van der Waals surface area contributed by atoms with Crippen LogP contribution in [0.2, 0.25) is 0 Å². The molecule has 4 N–H and O–H groups in total. The Balaban J connectivity index is 3.84. The van der Waals surface area contributed by atoms with Crippen LogP contribution in [0.4, 0.5) is 0 Å². The van der Waals surface area contributed by atoms with Crippen LogP contribution in [-0.2, 0) is 19.1 Å². The second kappa shape index (κ2) is 8.46. The van der Waals surface area contributed by atoms with Gasteiger partial charge in [0.25, 0.3) is 0 Å². The molecule has 7 nitrogen and oxygen atoms in total. The largest absolute Gasteiger partial charge is 0.463 e. The number of carbonyl (C=O) groups excluding carboxylic acids is 3. The quantitative estimate of drug-likeness (QED) is 0.496. The third-order valence-corrected chi connectivity index (χ3v) is 1.99. The highest BCUT2D eigenvalue weighted by atomic mass is 16.5. The van der Waals surface area contributed by atoms with E-state index < -0.39 is 11.8 Å². The molecule has 1 atom stereocenters. The Hall–Kier alpha value is -1.63. The van der Waals surface area contributed by atoms with Crippen molar-refractivity contribution in [3.8, 4) is 0 Å². The van der Waals surface area contributed by atoms with Gasteiger partial charge < -0.3 is 21.1 Å². The Kier molecular flexibility index (Phi) is 7.69. The van der Waals surface area contributed by atoms with Crippen molar-refractivity contribution in [1.82, 2.24) is 10.6 Å². The summed E-state index contributed by atoms with van der Waals surface area (Å²) in [6.07, 6.45) is -0.181. The summed E-state index contributed by atoms with van der Waals surface area (Å²) in [6, 6.07) is 0. The molecule has 2 amide bonds. The molecular weight excluding hydrogens is 238 g/mol. The van der Waals surface area contributed by atoms with Gasteiger partial charge in [-0.05, 0) is 13.8 Å². The van der Waals surface area contributed by atoms with Gasteiger partial charge in [0.2, 0.25) is 11.8 Å². The molecule has 0 aliphatic heterocycles. The van der Waals surface area contributed by atoms with Crippen molar-refractivity contribution < 1.29 is 19.1 Å². The molecule has 0 aromatic heterocycles. The summed E-state index contributed by atoms with van der Waals surface area (Å²) < 4.78 is 4.98. The van der Waals surface area contributed by atoms with Crippen molar-refractivity contribution in [2.24, 2.45) is 11.7 Å². The van der Waals surface area contributed by atoms with E-state index in [9.17, 15) is 14.4 Å². The third kappa shape index (κ3) is 7.61. The van der Waals surface area contributed by atoms with E-state index in [2.05, 4.69) is 10.6 Å². The van der Waals surface area contributed by atoms with Gasteiger partial charge in [0.05, 0.1) is 25.1 Å². The smallest absolute Gasteiger partial charge is 0.310 e. The predicted octanol–water partition coefficient (Wildman–Crippen LogP) is -1.23. The number of carbonyl (C=O) groups is 3. The van der Waals surface area contributed by atoms with E-state index in [0.29, 0.717) is 0 Å². The molecule has 104 valence electrons. The Morgan fingerprint density at radius 2 is 1.72 bits per heavy atom. The summed E-state index contributed by atoms with van der Waals surface area (Å²) in [5.74, 6) is -1.57. The second-order valence-corrected chi connectivity index (χ2v) is 4.17. The maximum absolute atomic E-state index is 11.4. The van der Waals surface area contributed by atoms with Crippen LogP contribution in [-0.4, -0.2) is 43.5 Å². The van der Waals surface area contributed by atoms with Crippen molar-refractivity contribution in [3.63, 3.8) is 0 Å². The zero-order valence-electron chi connectivity index (χ0n) is 11.0. The first-order chi connectivity index (χ1) is 8.36. The monoisotopic (exact) mass is 259 g/mol. The molecule has 0 aromatic carbocycles. The number of nitrogens with one attached hydrogen (secondary N) is 2. The van der Waals surface area contributed by atoms with Gasteiger partial charge in [-0.3, -0.25) is 14.4 Å². The van der Waals surface area contributed by atoms with Crippen molar-refractivity contribution in [2.75, 3.05) is 19.6 Å². The molecular formula is C11H21N3O4. The second-order valence-electron chi connectivity index (χ2n) is 4.17. The molecule has 0 saturated heterocycles. The van der Waals surface area contributed by atoms with Crippen LogP contribution < -0.4 is 16.4 Å². The zero-order valence-corrected chi connectivity index (χ0v) is 11.0. The van der Waals surface area contributed by atoms with E-state index in [4.69, 9.17) is 10.5 Å². The SMILES string of the molecule is CC(C)OC(=O)C(C)CNC(=O)CNC(=O)CN. The van der Waals surface area contributed by atoms with Crippen molar-refractivity contribution >= 4 is 17.8 Å². The maximum Gasteiger partial charge on any atom is 0.310 e. The van der Waals surface area contributed by atoms with E-state index in [-0.39, 0.29) is 37.6 Å². The summed E-state index contributed by atoms with van der Waals surface area (Å²) in [5, 5.41) is 4.85. The number of hydrogen-bond acceptors (Lipinski definition) is 5. The van der Waals surface area contributed by atoms with E-state index in [0.717, 1.165) is 0 Å². The van der Waals surface area contributed by atoms with Crippen LogP contribution in [0.5, 0.6) is 0 Å². The molecule has 0 aromatic rings. The first-order valence-corrected chi connectivity index (χ1v) is 5.80. The summed E-state index contributed by atoms with van der Waals surface area (Å²) >= 11 is 0. The lowest BCUT2D eigenvalue weighted by atomic mass is 10.2. The van der Waals surface area contributed by atoms with Gasteiger partial charge in [0.1, 0.15) is 0 Å². The zero-order chi connectivity index (χ0) is 14.1. The Bertz CT molecular complexity index is 305. The first-order valence-electron chi connectivity index (χ1n) is 5.80. The van der Waals surface area contributed by atoms with Crippen molar-refractivity contribution in [1.29, 1.82) is 0 Å². The van der Waals surface area contributed by atoms with E-state index in [1.807, 2.05) is 0 Å². The number of rotatable bonds is 7. The van der Waals surface area contributed by atoms with Gasteiger partial charge in [0, 0.05) is 6.54 Å². The molecule has 7 heteroatoms. The number of amides is 2. The Labute approximate surface area is 106 Å². The Morgan fingerprint density at radius 1 is 1.11 bits per heavy atom. The van der Waals surface area contributed by atoms with Crippen LogP contribution in [0.1, 0.15) is 20.8 Å². The third-order valence-electron chi connectivity index (χ3n) is 1.99. The van der Waals surface area contributed by atoms with Gasteiger partial charge >= 0.3 is 5.97 Å². The molecule has 0 aliphatic carbocycles. The minimum absolute atomic E-state index is 0.151. The topological polar surface area (TPSA) is 111 Å². The summed E-state index contributed by atoms with van der Waals surface area (Å²) in [5.41, 5.74) is 5.06. The lowest BCUT2D eigenvalue weighted by molar-refractivity contribution is -0.151. The molecule has 0 saturated carbocycles. The number of esters is 1. The highest BCUT2D eigenvalue weighted by Crippen LogP contribution is 2.00. The van der Waals surface area contributed by atoms with Gasteiger partial charge in [-0.25, -0.2) is 0 Å². The number of ether oxygens (including phenoxy) is 1. The fraction of sp³-hybridized carbons (Fsp3) is 0.727. The van der Waals surface area contributed by atoms with Gasteiger partial charge in [-0.2, -0.15) is 0 Å². The number of nitrogens with two attached hydrogens (primary N) is 1. The van der Waals surface area contributed by atoms with Crippen molar-refractivity contribution in [3.05, 3.63) is 0 Å². The highest BCUT2D eigenvalue weighted by Gasteiger charge is 2.16. The average molecular weight is 259 g/mol. The average Bonchev–Trinajstić information content (AvgIpc) is 2.31. The van der Waals surface area contributed by atoms with E-state index >= 15 is 0 Å². The summed E-state index contributed by atoms with van der Waals surface area (Å²) in [7, 11) is 0. The molecule has 0 fully saturated rings. The van der Waals surface area contributed by atoms with E-state index in [1.54, 1.807) is 20.8 Å². The summed E-state index contributed by atoms with van der Waals surface area (Å²) in [6.45, 7) is 5.02. The van der Waals surface area contributed by atoms with Crippen LogP contribution in [0.3, 0.4) is 0 Å². The van der Waals surface area contributed by atoms with Crippen molar-refractivity contribution in [2.45, 2.75) is 26.9 Å². The van der Waals surface area contributed by atoms with Crippen LogP contribution in [0, 0.1) is 5.92 Å². The molecule has 0 bridgehead atoms. The van der Waals surface area contributed by atoms with Crippen LogP contribution >= 0.6 is 0 Å². The Morgan fingerprint density at radius 3 is 2.22 bits per heavy atom. The minimum atomic E-state index is -0.429. The highest BCUT2D eigenvalue weighted by molar-refractivity contribution is 5.85. The van der Waals surface area contributed by atoms with Gasteiger partial charge in [-0.15, -0.1) is 0 Å². The maximum atomic E-state index is 11.4. The molecule has 0 spiro atoms. The molecule has 0 aliphatic rings. The normalized spacial score (nSPS) is 11.8. The summed E-state index contributed by atoms with van der Waals surface area (Å²) in [4.78, 5) is 33.5. The standard InChI is InChI=1S/C11H21N3O4/c1-7(2)18-11(17)8(3)5-13-10(16)6-14-9(15)4-12/h7-8H,4-6,12H2,1-3H3,(H,13,16)(H,14,15).